The molecule has 1 N–H and O–H groups in total. The lowest BCUT2D eigenvalue weighted by molar-refractivity contribution is -0.116. The molecule has 0 aliphatic carbocycles. The van der Waals surface area contributed by atoms with Gasteiger partial charge in [0.1, 0.15) is 5.78 Å². The number of ketones is 1. The first-order valence-electron chi connectivity index (χ1n) is 6.30. The zero-order valence-electron chi connectivity index (χ0n) is 11.2. The molecular weight excluding hydrogens is 200 g/mol. The SMILES string of the molecule is CC(=O)CNCC(C)(C)C1CCN(C)CC1. The van der Waals surface area contributed by atoms with Crippen LogP contribution in [0.3, 0.4) is 0 Å². The molecule has 0 aromatic heterocycles. The Morgan fingerprint density at radius 3 is 2.44 bits per heavy atom. The number of carbonyl (C=O) groups is 1. The second kappa shape index (κ2) is 5.78. The van der Waals surface area contributed by atoms with E-state index in [1.165, 1.54) is 25.9 Å². The molecule has 1 fully saturated rings. The molecule has 3 heteroatoms. The van der Waals surface area contributed by atoms with Crippen LogP contribution >= 0.6 is 0 Å². The summed E-state index contributed by atoms with van der Waals surface area (Å²) in [4.78, 5) is 13.3. The standard InChI is InChI=1S/C13H26N2O/c1-11(16)9-14-10-13(2,3)12-5-7-15(4)8-6-12/h12,14H,5-10H2,1-4H3. The summed E-state index contributed by atoms with van der Waals surface area (Å²) in [6.07, 6.45) is 2.57. The van der Waals surface area contributed by atoms with Crippen LogP contribution in [0.25, 0.3) is 0 Å². The number of likely N-dealkylation sites (tertiary alicyclic amines) is 1. The van der Waals surface area contributed by atoms with E-state index in [1.54, 1.807) is 6.92 Å². The van der Waals surface area contributed by atoms with Crippen molar-refractivity contribution < 1.29 is 4.79 Å². The third-order valence-corrected chi connectivity index (χ3v) is 3.78. The van der Waals surface area contributed by atoms with Gasteiger partial charge in [-0.1, -0.05) is 13.8 Å². The zero-order chi connectivity index (χ0) is 12.2. The largest absolute Gasteiger partial charge is 0.309 e. The molecule has 0 atom stereocenters. The number of carbonyl (C=O) groups excluding carboxylic acids is 1. The van der Waals surface area contributed by atoms with E-state index in [2.05, 4.69) is 31.1 Å². The summed E-state index contributed by atoms with van der Waals surface area (Å²) in [5, 5.41) is 3.27. The van der Waals surface area contributed by atoms with Crippen molar-refractivity contribution in [1.29, 1.82) is 0 Å². The van der Waals surface area contributed by atoms with Gasteiger partial charge in [0, 0.05) is 6.54 Å². The first-order chi connectivity index (χ1) is 7.42. The van der Waals surface area contributed by atoms with Crippen LogP contribution in [-0.2, 0) is 4.79 Å². The molecule has 1 aliphatic rings. The zero-order valence-corrected chi connectivity index (χ0v) is 11.2. The minimum atomic E-state index is 0.221. The van der Waals surface area contributed by atoms with Gasteiger partial charge in [0.25, 0.3) is 0 Å². The summed E-state index contributed by atoms with van der Waals surface area (Å²) in [5.74, 6) is 1.00. The van der Waals surface area contributed by atoms with Crippen molar-refractivity contribution in [3.8, 4) is 0 Å². The molecule has 0 aromatic carbocycles. The van der Waals surface area contributed by atoms with Gasteiger partial charge in [-0.3, -0.25) is 4.79 Å². The van der Waals surface area contributed by atoms with E-state index in [9.17, 15) is 4.79 Å². The fraction of sp³-hybridized carbons (Fsp3) is 0.923. The van der Waals surface area contributed by atoms with E-state index in [4.69, 9.17) is 0 Å². The molecule has 1 aliphatic heterocycles. The van der Waals surface area contributed by atoms with Crippen molar-refractivity contribution in [2.45, 2.75) is 33.6 Å². The predicted octanol–water partition coefficient (Wildman–Crippen LogP) is 1.53. The third kappa shape index (κ3) is 4.22. The highest BCUT2D eigenvalue weighted by Crippen LogP contribution is 2.33. The van der Waals surface area contributed by atoms with Crippen molar-refractivity contribution in [2.75, 3.05) is 33.2 Å². The normalized spacial score (nSPS) is 20.0. The minimum Gasteiger partial charge on any atom is -0.309 e. The molecule has 94 valence electrons. The number of hydrogen-bond acceptors (Lipinski definition) is 3. The average molecular weight is 226 g/mol. The highest BCUT2D eigenvalue weighted by Gasteiger charge is 2.31. The van der Waals surface area contributed by atoms with E-state index in [0.29, 0.717) is 12.0 Å². The lowest BCUT2D eigenvalue weighted by Gasteiger charge is -2.39. The number of hydrogen-bond donors (Lipinski definition) is 1. The Kier molecular flexibility index (Phi) is 4.93. The molecule has 0 radical (unpaired) electrons. The van der Waals surface area contributed by atoms with Gasteiger partial charge in [-0.25, -0.2) is 0 Å². The summed E-state index contributed by atoms with van der Waals surface area (Å²) >= 11 is 0. The molecule has 3 nitrogen and oxygen atoms in total. The van der Waals surface area contributed by atoms with Crippen LogP contribution in [0.2, 0.25) is 0 Å². The Hall–Kier alpha value is -0.410. The highest BCUT2D eigenvalue weighted by atomic mass is 16.1. The van der Waals surface area contributed by atoms with Gasteiger partial charge in [-0.05, 0) is 51.2 Å². The Morgan fingerprint density at radius 2 is 1.94 bits per heavy atom. The number of Topliss-reactive ketones (excluding diaryl/α,β-unsaturated/α-hetero) is 1. The lowest BCUT2D eigenvalue weighted by atomic mass is 9.73. The van der Waals surface area contributed by atoms with Crippen LogP contribution in [-0.4, -0.2) is 43.9 Å². The van der Waals surface area contributed by atoms with E-state index in [-0.39, 0.29) is 5.78 Å². The molecule has 1 saturated heterocycles. The lowest BCUT2D eigenvalue weighted by Crippen LogP contribution is -2.42. The smallest absolute Gasteiger partial charge is 0.143 e. The fourth-order valence-corrected chi connectivity index (χ4v) is 2.50. The van der Waals surface area contributed by atoms with Gasteiger partial charge in [0.15, 0.2) is 0 Å². The van der Waals surface area contributed by atoms with Crippen LogP contribution in [0, 0.1) is 11.3 Å². The van der Waals surface area contributed by atoms with Crippen molar-refractivity contribution in [1.82, 2.24) is 10.2 Å². The molecule has 0 spiro atoms. The van der Waals surface area contributed by atoms with Crippen LogP contribution in [0.5, 0.6) is 0 Å². The minimum absolute atomic E-state index is 0.221. The van der Waals surface area contributed by atoms with Crippen molar-refractivity contribution in [3.05, 3.63) is 0 Å². The number of rotatable bonds is 5. The third-order valence-electron chi connectivity index (χ3n) is 3.78. The summed E-state index contributed by atoms with van der Waals surface area (Å²) in [6, 6.07) is 0. The van der Waals surface area contributed by atoms with E-state index < -0.39 is 0 Å². The van der Waals surface area contributed by atoms with Crippen molar-refractivity contribution in [3.63, 3.8) is 0 Å². The summed E-state index contributed by atoms with van der Waals surface area (Å²) < 4.78 is 0. The molecule has 0 unspecified atom stereocenters. The summed E-state index contributed by atoms with van der Waals surface area (Å²) in [6.45, 7) is 10.1. The Labute approximate surface area is 99.6 Å². The number of nitrogens with zero attached hydrogens (tertiary/aromatic N) is 1. The number of piperidine rings is 1. The average Bonchev–Trinajstić information content (AvgIpc) is 2.17. The molecule has 1 heterocycles. The first kappa shape index (κ1) is 13.7. The molecular formula is C13H26N2O. The van der Waals surface area contributed by atoms with Crippen molar-refractivity contribution in [2.24, 2.45) is 11.3 Å². The molecule has 0 aromatic rings. The van der Waals surface area contributed by atoms with Crippen LogP contribution < -0.4 is 5.32 Å². The quantitative estimate of drug-likeness (QED) is 0.771. The second-order valence-corrected chi connectivity index (χ2v) is 5.87. The van der Waals surface area contributed by atoms with E-state index >= 15 is 0 Å². The monoisotopic (exact) mass is 226 g/mol. The second-order valence-electron chi connectivity index (χ2n) is 5.87. The summed E-state index contributed by atoms with van der Waals surface area (Å²) in [7, 11) is 2.19. The van der Waals surface area contributed by atoms with Gasteiger partial charge in [0.05, 0.1) is 6.54 Å². The van der Waals surface area contributed by atoms with E-state index in [0.717, 1.165) is 12.5 Å². The molecule has 16 heavy (non-hydrogen) atoms. The molecule has 0 bridgehead atoms. The maximum atomic E-state index is 10.9. The van der Waals surface area contributed by atoms with Crippen LogP contribution in [0.1, 0.15) is 33.6 Å². The van der Waals surface area contributed by atoms with Gasteiger partial charge in [0.2, 0.25) is 0 Å². The van der Waals surface area contributed by atoms with Gasteiger partial charge < -0.3 is 10.2 Å². The topological polar surface area (TPSA) is 32.3 Å². The molecule has 0 saturated carbocycles. The first-order valence-corrected chi connectivity index (χ1v) is 6.30. The maximum absolute atomic E-state index is 10.9. The highest BCUT2D eigenvalue weighted by molar-refractivity contribution is 5.77. The van der Waals surface area contributed by atoms with E-state index in [1.807, 2.05) is 0 Å². The molecule has 0 amide bonds. The van der Waals surface area contributed by atoms with Gasteiger partial charge >= 0.3 is 0 Å². The van der Waals surface area contributed by atoms with Crippen LogP contribution in [0.15, 0.2) is 0 Å². The van der Waals surface area contributed by atoms with Crippen LogP contribution in [0.4, 0.5) is 0 Å². The fourth-order valence-electron chi connectivity index (χ4n) is 2.50. The predicted molar refractivity (Wildman–Crippen MR) is 67.6 cm³/mol. The maximum Gasteiger partial charge on any atom is 0.143 e. The van der Waals surface area contributed by atoms with Gasteiger partial charge in [-0.15, -0.1) is 0 Å². The Balaban J connectivity index is 2.34. The molecule has 1 rings (SSSR count). The number of nitrogens with one attached hydrogen (secondary N) is 1. The summed E-state index contributed by atoms with van der Waals surface area (Å²) in [5.41, 5.74) is 0.302. The Bertz CT molecular complexity index is 230. The van der Waals surface area contributed by atoms with Gasteiger partial charge in [-0.2, -0.15) is 0 Å². The van der Waals surface area contributed by atoms with Crippen molar-refractivity contribution >= 4 is 5.78 Å². The Morgan fingerprint density at radius 1 is 1.38 bits per heavy atom.